The first kappa shape index (κ1) is 17.1. The fourth-order valence-electron chi connectivity index (χ4n) is 3.19. The maximum absolute atomic E-state index is 12.8. The van der Waals surface area contributed by atoms with Crippen LogP contribution in [0.5, 0.6) is 11.5 Å². The first-order valence-corrected chi connectivity index (χ1v) is 7.57. The zero-order chi connectivity index (χ0) is 17.1. The largest absolute Gasteiger partial charge is 0.493 e. The Morgan fingerprint density at radius 1 is 1.17 bits per heavy atom. The van der Waals surface area contributed by atoms with Crippen LogP contribution in [0.15, 0.2) is 12.1 Å². The normalized spacial score (nSPS) is 21.0. The van der Waals surface area contributed by atoms with Crippen molar-refractivity contribution < 1.29 is 19.2 Å². The topological polar surface area (TPSA) is 81.9 Å². The van der Waals surface area contributed by atoms with E-state index in [1.807, 2.05) is 0 Å². The Morgan fingerprint density at radius 3 is 2.17 bits per heavy atom. The van der Waals surface area contributed by atoms with Crippen LogP contribution in [-0.2, 0) is 0 Å². The number of nitro benzene ring substituents is 1. The van der Waals surface area contributed by atoms with Gasteiger partial charge in [-0.15, -0.1) is 0 Å². The van der Waals surface area contributed by atoms with Gasteiger partial charge in [0, 0.05) is 19.2 Å². The van der Waals surface area contributed by atoms with Crippen molar-refractivity contribution in [3.05, 3.63) is 27.8 Å². The Bertz CT molecular complexity index is 607. The minimum atomic E-state index is -0.563. The van der Waals surface area contributed by atoms with Gasteiger partial charge in [-0.2, -0.15) is 0 Å². The third-order valence-corrected chi connectivity index (χ3v) is 4.09. The van der Waals surface area contributed by atoms with Crippen molar-refractivity contribution in [2.24, 2.45) is 11.8 Å². The number of hydrogen-bond acceptors (Lipinski definition) is 5. The van der Waals surface area contributed by atoms with Crippen LogP contribution in [0.2, 0.25) is 0 Å². The van der Waals surface area contributed by atoms with Crippen molar-refractivity contribution in [2.45, 2.75) is 20.3 Å². The molecule has 0 aliphatic carbocycles. The molecule has 1 amide bonds. The average molecular weight is 322 g/mol. The number of nitro groups is 1. The Hall–Kier alpha value is -2.31. The van der Waals surface area contributed by atoms with E-state index < -0.39 is 4.92 Å². The molecule has 7 nitrogen and oxygen atoms in total. The van der Waals surface area contributed by atoms with Crippen molar-refractivity contribution >= 4 is 11.6 Å². The van der Waals surface area contributed by atoms with Crippen LogP contribution in [-0.4, -0.2) is 43.0 Å². The lowest BCUT2D eigenvalue weighted by molar-refractivity contribution is -0.385. The fourth-order valence-corrected chi connectivity index (χ4v) is 3.19. The van der Waals surface area contributed by atoms with Gasteiger partial charge in [-0.3, -0.25) is 14.9 Å². The van der Waals surface area contributed by atoms with E-state index in [0.29, 0.717) is 30.7 Å². The lowest BCUT2D eigenvalue weighted by atomic mass is 9.91. The summed E-state index contributed by atoms with van der Waals surface area (Å²) < 4.78 is 10.3. The van der Waals surface area contributed by atoms with Gasteiger partial charge in [0.15, 0.2) is 11.5 Å². The number of benzene rings is 1. The molecular formula is C16H22N2O5. The van der Waals surface area contributed by atoms with Crippen LogP contribution in [0.25, 0.3) is 0 Å². The molecule has 0 N–H and O–H groups in total. The second-order valence-corrected chi connectivity index (χ2v) is 6.14. The van der Waals surface area contributed by atoms with Gasteiger partial charge < -0.3 is 14.4 Å². The van der Waals surface area contributed by atoms with E-state index in [4.69, 9.17) is 9.47 Å². The highest BCUT2D eigenvalue weighted by Crippen LogP contribution is 2.35. The van der Waals surface area contributed by atoms with Crippen LogP contribution in [0.3, 0.4) is 0 Å². The summed E-state index contributed by atoms with van der Waals surface area (Å²) in [6, 6.07) is 2.63. The summed E-state index contributed by atoms with van der Waals surface area (Å²) in [5.41, 5.74) is -0.229. The monoisotopic (exact) mass is 322 g/mol. The van der Waals surface area contributed by atoms with E-state index in [9.17, 15) is 14.9 Å². The summed E-state index contributed by atoms with van der Waals surface area (Å²) in [5.74, 6) is 0.954. The fraction of sp³-hybridized carbons (Fsp3) is 0.562. The van der Waals surface area contributed by atoms with Crippen molar-refractivity contribution in [3.63, 3.8) is 0 Å². The van der Waals surface area contributed by atoms with E-state index in [1.165, 1.54) is 26.4 Å². The van der Waals surface area contributed by atoms with Gasteiger partial charge >= 0.3 is 0 Å². The first-order chi connectivity index (χ1) is 10.9. The molecule has 0 bridgehead atoms. The number of carbonyl (C=O) groups is 1. The van der Waals surface area contributed by atoms with Gasteiger partial charge in [0.1, 0.15) is 5.56 Å². The van der Waals surface area contributed by atoms with E-state index in [1.54, 1.807) is 4.90 Å². The molecule has 7 heteroatoms. The van der Waals surface area contributed by atoms with E-state index >= 15 is 0 Å². The SMILES string of the molecule is COc1cc(C(=O)N2C[C@H](C)C[C@H](C)C2)c([N+](=O)[O-])cc1OC. The van der Waals surface area contributed by atoms with Crippen LogP contribution in [0.1, 0.15) is 30.6 Å². The molecule has 1 aliphatic heterocycles. The van der Waals surface area contributed by atoms with Crippen molar-refractivity contribution in [1.29, 1.82) is 0 Å². The molecule has 1 aromatic carbocycles. The second-order valence-electron chi connectivity index (χ2n) is 6.14. The lowest BCUT2D eigenvalue weighted by Crippen LogP contribution is -2.42. The van der Waals surface area contributed by atoms with E-state index in [0.717, 1.165) is 6.42 Å². The third kappa shape index (κ3) is 3.55. The minimum Gasteiger partial charge on any atom is -0.493 e. The highest BCUT2D eigenvalue weighted by molar-refractivity contribution is 5.99. The Labute approximate surface area is 135 Å². The standard InChI is InChI=1S/C16H22N2O5/c1-10-5-11(2)9-17(8-10)16(19)12-6-14(22-3)15(23-4)7-13(12)18(20)21/h6-7,10-11H,5,8-9H2,1-4H3/t10-,11+. The molecule has 0 saturated carbocycles. The Balaban J connectivity index is 2.44. The van der Waals surface area contributed by atoms with Gasteiger partial charge in [0.05, 0.1) is 25.2 Å². The summed E-state index contributed by atoms with van der Waals surface area (Å²) in [5, 5.41) is 11.3. The second kappa shape index (κ2) is 6.85. The number of piperidine rings is 1. The summed E-state index contributed by atoms with van der Waals surface area (Å²) in [6.45, 7) is 5.38. The number of nitrogens with zero attached hydrogens (tertiary/aromatic N) is 2. The maximum Gasteiger partial charge on any atom is 0.286 e. The van der Waals surface area contributed by atoms with Crippen molar-refractivity contribution in [3.8, 4) is 11.5 Å². The van der Waals surface area contributed by atoms with Crippen LogP contribution in [0, 0.1) is 22.0 Å². The zero-order valence-corrected chi connectivity index (χ0v) is 13.9. The summed E-state index contributed by atoms with van der Waals surface area (Å²) >= 11 is 0. The molecular weight excluding hydrogens is 300 g/mol. The minimum absolute atomic E-state index is 0.0361. The van der Waals surface area contributed by atoms with Gasteiger partial charge in [-0.05, 0) is 18.3 Å². The lowest BCUT2D eigenvalue weighted by Gasteiger charge is -2.35. The van der Waals surface area contributed by atoms with E-state index in [-0.39, 0.29) is 22.9 Å². The van der Waals surface area contributed by atoms with Crippen LogP contribution < -0.4 is 9.47 Å². The Morgan fingerprint density at radius 2 is 1.70 bits per heavy atom. The number of ether oxygens (including phenoxy) is 2. The molecule has 2 rings (SSSR count). The molecule has 2 atom stereocenters. The van der Waals surface area contributed by atoms with Gasteiger partial charge in [0.25, 0.3) is 11.6 Å². The number of carbonyl (C=O) groups excluding carboxylic acids is 1. The van der Waals surface area contributed by atoms with Crippen LogP contribution >= 0.6 is 0 Å². The molecule has 1 fully saturated rings. The molecule has 1 heterocycles. The molecule has 0 unspecified atom stereocenters. The van der Waals surface area contributed by atoms with Crippen molar-refractivity contribution in [2.75, 3.05) is 27.3 Å². The Kier molecular flexibility index (Phi) is 5.08. The van der Waals surface area contributed by atoms with Gasteiger partial charge in [-0.25, -0.2) is 0 Å². The van der Waals surface area contributed by atoms with Crippen LogP contribution in [0.4, 0.5) is 5.69 Å². The average Bonchev–Trinajstić information content (AvgIpc) is 2.51. The predicted molar refractivity (Wildman–Crippen MR) is 85.0 cm³/mol. The number of likely N-dealkylation sites (tertiary alicyclic amines) is 1. The maximum atomic E-state index is 12.8. The molecule has 0 radical (unpaired) electrons. The smallest absolute Gasteiger partial charge is 0.286 e. The predicted octanol–water partition coefficient (Wildman–Crippen LogP) is 2.73. The summed E-state index contributed by atoms with van der Waals surface area (Å²) in [4.78, 5) is 25.3. The highest BCUT2D eigenvalue weighted by atomic mass is 16.6. The van der Waals surface area contributed by atoms with Gasteiger partial charge in [-0.1, -0.05) is 13.8 Å². The molecule has 0 aromatic heterocycles. The number of hydrogen-bond donors (Lipinski definition) is 0. The highest BCUT2D eigenvalue weighted by Gasteiger charge is 2.31. The number of amides is 1. The van der Waals surface area contributed by atoms with Gasteiger partial charge in [0.2, 0.25) is 0 Å². The zero-order valence-electron chi connectivity index (χ0n) is 13.9. The molecule has 0 spiro atoms. The summed E-state index contributed by atoms with van der Waals surface area (Å²) in [7, 11) is 2.83. The van der Waals surface area contributed by atoms with Crippen molar-refractivity contribution in [1.82, 2.24) is 4.90 Å². The number of methoxy groups -OCH3 is 2. The molecule has 1 aliphatic rings. The molecule has 1 aromatic rings. The molecule has 126 valence electrons. The third-order valence-electron chi connectivity index (χ3n) is 4.09. The molecule has 1 saturated heterocycles. The first-order valence-electron chi connectivity index (χ1n) is 7.57. The summed E-state index contributed by atoms with van der Waals surface area (Å²) in [6.07, 6.45) is 1.05. The quantitative estimate of drug-likeness (QED) is 0.629. The molecule has 23 heavy (non-hydrogen) atoms. The van der Waals surface area contributed by atoms with E-state index in [2.05, 4.69) is 13.8 Å². The number of rotatable bonds is 4.